The maximum absolute atomic E-state index is 13.1. The van der Waals surface area contributed by atoms with Crippen LogP contribution in [0.3, 0.4) is 0 Å². The van der Waals surface area contributed by atoms with Crippen LogP contribution in [0.2, 0.25) is 0 Å². The van der Waals surface area contributed by atoms with E-state index in [1.807, 2.05) is 12.1 Å². The van der Waals surface area contributed by atoms with Crippen molar-refractivity contribution >= 4 is 35.2 Å². The fourth-order valence-electron chi connectivity index (χ4n) is 7.48. The largest absolute Gasteiger partial charge is 0.395 e. The molecular formula is C36H44N8O5. The Bertz CT molecular complexity index is 1680. The molecule has 3 fully saturated rings. The summed E-state index contributed by atoms with van der Waals surface area (Å²) in [5.74, 6) is 0.372. The van der Waals surface area contributed by atoms with Crippen molar-refractivity contribution in [2.24, 2.45) is 0 Å². The molecule has 1 aromatic heterocycles. The molecule has 0 bridgehead atoms. The van der Waals surface area contributed by atoms with E-state index in [0.29, 0.717) is 55.7 Å². The molecule has 7 rings (SSSR count). The van der Waals surface area contributed by atoms with E-state index in [1.165, 1.54) is 11.3 Å². The molecule has 13 nitrogen and oxygen atoms in total. The van der Waals surface area contributed by atoms with Gasteiger partial charge in [0.05, 0.1) is 12.2 Å². The van der Waals surface area contributed by atoms with Crippen molar-refractivity contribution in [3.63, 3.8) is 0 Å². The average Bonchev–Trinajstić information content (AvgIpc) is 3.44. The van der Waals surface area contributed by atoms with Crippen LogP contribution >= 0.6 is 0 Å². The molecule has 0 radical (unpaired) electrons. The highest BCUT2D eigenvalue weighted by Crippen LogP contribution is 2.37. The number of carbonyl (C=O) groups excluding carboxylic acids is 3. The number of anilines is 3. The molecular weight excluding hydrogens is 624 g/mol. The van der Waals surface area contributed by atoms with Crippen LogP contribution < -0.4 is 20.9 Å². The Balaban J connectivity index is 0.885. The molecule has 4 aliphatic rings. The third-order valence-corrected chi connectivity index (χ3v) is 10.4. The number of benzene rings is 2. The first-order valence-electron chi connectivity index (χ1n) is 17.3. The third-order valence-electron chi connectivity index (χ3n) is 10.4. The van der Waals surface area contributed by atoms with Gasteiger partial charge in [0.2, 0.25) is 17.8 Å². The lowest BCUT2D eigenvalue weighted by atomic mass is 9.83. The lowest BCUT2D eigenvalue weighted by molar-refractivity contribution is -0.136. The Kier molecular flexibility index (Phi) is 9.48. The number of piperidine rings is 3. The molecule has 1 unspecified atom stereocenters. The van der Waals surface area contributed by atoms with Crippen molar-refractivity contribution in [1.29, 1.82) is 0 Å². The second-order valence-corrected chi connectivity index (χ2v) is 13.6. The summed E-state index contributed by atoms with van der Waals surface area (Å²) in [7, 11) is 0. The van der Waals surface area contributed by atoms with Gasteiger partial charge in [-0.15, -0.1) is 0 Å². The second kappa shape index (κ2) is 14.1. The third kappa shape index (κ3) is 7.24. The van der Waals surface area contributed by atoms with Gasteiger partial charge in [0.25, 0.3) is 5.91 Å². The number of nitrogens with one attached hydrogen (secondary N) is 3. The van der Waals surface area contributed by atoms with Crippen LogP contribution in [0.4, 0.5) is 17.5 Å². The maximum atomic E-state index is 13.1. The molecule has 258 valence electrons. The number of nitrogens with zero attached hydrogens (tertiary/aromatic N) is 5. The molecule has 49 heavy (non-hydrogen) atoms. The smallest absolute Gasteiger partial charge is 0.255 e. The Morgan fingerprint density at radius 1 is 0.959 bits per heavy atom. The van der Waals surface area contributed by atoms with Gasteiger partial charge >= 0.3 is 0 Å². The Morgan fingerprint density at radius 3 is 2.47 bits per heavy atom. The van der Waals surface area contributed by atoms with Gasteiger partial charge in [0.15, 0.2) is 0 Å². The molecule has 0 aliphatic carbocycles. The normalized spacial score (nSPS) is 21.4. The van der Waals surface area contributed by atoms with Crippen LogP contribution in [0, 0.1) is 0 Å². The standard InChI is InChI=1S/C36H44N8O5/c45-20-15-37-31-9-14-38-35(40-31)39-27-10-16-43(17-11-27)28-4-1-24(2-5-28)22-42-18-12-36(49,13-19-42)26-3-6-29-25(21-26)23-44(34(29)48)30-7-8-32(46)41-33(30)47/h1-6,9,14,21,27,30,45,49H,7-8,10-13,15-20,22-23H2,(H,41,46,47)(H2,37,38,39,40). The lowest BCUT2D eigenvalue weighted by Gasteiger charge is -2.39. The van der Waals surface area contributed by atoms with Gasteiger partial charge in [-0.2, -0.15) is 4.98 Å². The fourth-order valence-corrected chi connectivity index (χ4v) is 7.48. The summed E-state index contributed by atoms with van der Waals surface area (Å²) in [5.41, 5.74) is 3.66. The number of aromatic nitrogens is 2. The first kappa shape index (κ1) is 32.9. The van der Waals surface area contributed by atoms with Gasteiger partial charge in [-0.25, -0.2) is 4.98 Å². The topological polar surface area (TPSA) is 163 Å². The van der Waals surface area contributed by atoms with E-state index in [9.17, 15) is 19.5 Å². The fraction of sp³-hybridized carbons (Fsp3) is 0.472. The van der Waals surface area contributed by atoms with Crippen LogP contribution in [0.25, 0.3) is 0 Å². The number of fused-ring (bicyclic) bond motifs is 1. The molecule has 3 amide bonds. The minimum atomic E-state index is -0.979. The van der Waals surface area contributed by atoms with Crippen LogP contribution in [-0.2, 0) is 28.3 Å². The van der Waals surface area contributed by atoms with E-state index in [4.69, 9.17) is 5.11 Å². The number of rotatable bonds is 10. The zero-order valence-electron chi connectivity index (χ0n) is 27.6. The van der Waals surface area contributed by atoms with Gasteiger partial charge in [-0.3, -0.25) is 24.6 Å². The number of hydrogen-bond donors (Lipinski definition) is 5. The molecule has 4 aliphatic heterocycles. The highest BCUT2D eigenvalue weighted by atomic mass is 16.3. The van der Waals surface area contributed by atoms with E-state index < -0.39 is 17.6 Å². The Labute approximate surface area is 285 Å². The first-order chi connectivity index (χ1) is 23.8. The quantitative estimate of drug-likeness (QED) is 0.201. The first-order valence-corrected chi connectivity index (χ1v) is 17.3. The molecule has 3 saturated heterocycles. The molecule has 0 spiro atoms. The predicted octanol–water partition coefficient (Wildman–Crippen LogP) is 2.21. The van der Waals surface area contributed by atoms with Crippen molar-refractivity contribution in [3.05, 3.63) is 77.0 Å². The zero-order valence-corrected chi connectivity index (χ0v) is 27.6. The van der Waals surface area contributed by atoms with Gasteiger partial charge in [0.1, 0.15) is 11.9 Å². The molecule has 1 atom stereocenters. The number of carbonyl (C=O) groups is 3. The number of amides is 3. The number of hydrogen-bond acceptors (Lipinski definition) is 11. The summed E-state index contributed by atoms with van der Waals surface area (Å²) in [4.78, 5) is 52.3. The van der Waals surface area contributed by atoms with Gasteiger partial charge in [0, 0.05) is 75.7 Å². The molecule has 5 heterocycles. The monoisotopic (exact) mass is 668 g/mol. The summed E-state index contributed by atoms with van der Waals surface area (Å²) in [6.45, 7) is 5.00. The Hall–Kier alpha value is -4.59. The van der Waals surface area contributed by atoms with Crippen LogP contribution in [-0.4, -0.2) is 99.1 Å². The summed E-state index contributed by atoms with van der Waals surface area (Å²) in [5, 5.41) is 29.6. The van der Waals surface area contributed by atoms with Crippen LogP contribution in [0.1, 0.15) is 65.6 Å². The van der Waals surface area contributed by atoms with Crippen molar-refractivity contribution in [2.75, 3.05) is 54.9 Å². The molecule has 13 heteroatoms. The lowest BCUT2D eigenvalue weighted by Crippen LogP contribution is -2.52. The van der Waals surface area contributed by atoms with Crippen molar-refractivity contribution in [3.8, 4) is 0 Å². The number of aliphatic hydroxyl groups is 2. The second-order valence-electron chi connectivity index (χ2n) is 13.6. The Morgan fingerprint density at radius 2 is 1.73 bits per heavy atom. The molecule has 3 aromatic rings. The SMILES string of the molecule is O=C1CCC(N2Cc3cc(C4(O)CCN(Cc5ccc(N6CCC(Nc7nccc(NCCO)n7)CC6)cc5)CC4)ccc3C2=O)C(=O)N1. The summed E-state index contributed by atoms with van der Waals surface area (Å²) < 4.78 is 0. The summed E-state index contributed by atoms with van der Waals surface area (Å²) in [6.07, 6.45) is 5.41. The van der Waals surface area contributed by atoms with E-state index in [-0.39, 0.29) is 24.8 Å². The summed E-state index contributed by atoms with van der Waals surface area (Å²) in [6, 6.07) is 15.8. The van der Waals surface area contributed by atoms with Crippen molar-refractivity contribution < 1.29 is 24.6 Å². The molecule has 5 N–H and O–H groups in total. The highest BCUT2D eigenvalue weighted by molar-refractivity contribution is 6.05. The highest BCUT2D eigenvalue weighted by Gasteiger charge is 2.41. The maximum Gasteiger partial charge on any atom is 0.255 e. The van der Waals surface area contributed by atoms with Crippen LogP contribution in [0.15, 0.2) is 54.7 Å². The van der Waals surface area contributed by atoms with E-state index in [2.05, 4.69) is 60.0 Å². The number of aliphatic hydroxyl groups excluding tert-OH is 1. The van der Waals surface area contributed by atoms with Crippen molar-refractivity contribution in [1.82, 2.24) is 25.1 Å². The summed E-state index contributed by atoms with van der Waals surface area (Å²) >= 11 is 0. The zero-order chi connectivity index (χ0) is 34.0. The predicted molar refractivity (Wildman–Crippen MR) is 184 cm³/mol. The van der Waals surface area contributed by atoms with E-state index >= 15 is 0 Å². The van der Waals surface area contributed by atoms with Gasteiger partial charge in [-0.05, 0) is 73.1 Å². The molecule has 0 saturated carbocycles. The van der Waals surface area contributed by atoms with Crippen molar-refractivity contribution in [2.45, 2.75) is 69.3 Å². The number of imide groups is 1. The van der Waals surface area contributed by atoms with Gasteiger partial charge < -0.3 is 30.6 Å². The van der Waals surface area contributed by atoms with Crippen LogP contribution in [0.5, 0.6) is 0 Å². The van der Waals surface area contributed by atoms with Gasteiger partial charge in [-0.1, -0.05) is 24.3 Å². The minimum absolute atomic E-state index is 0.0504. The molecule has 2 aromatic carbocycles. The van der Waals surface area contributed by atoms with E-state index in [0.717, 1.165) is 56.7 Å². The number of likely N-dealkylation sites (tertiary alicyclic amines) is 1. The average molecular weight is 669 g/mol. The van der Waals surface area contributed by atoms with E-state index in [1.54, 1.807) is 23.2 Å². The minimum Gasteiger partial charge on any atom is -0.395 e.